The molecule has 1 aliphatic carbocycles. The van der Waals surface area contributed by atoms with Gasteiger partial charge in [0.2, 0.25) is 5.90 Å². The Kier molecular flexibility index (Phi) is 11.8. The van der Waals surface area contributed by atoms with E-state index in [1.807, 2.05) is 41.3 Å². The van der Waals surface area contributed by atoms with Crippen LogP contribution in [0.2, 0.25) is 0 Å². The average molecular weight is 587 g/mol. The Morgan fingerprint density at radius 3 is 1.75 bits per heavy atom. The van der Waals surface area contributed by atoms with Crippen LogP contribution in [0.4, 0.5) is 5.69 Å². The number of aliphatic hydroxyl groups is 1. The molecule has 210 valence electrons. The number of carbonyl (C=O) groups is 2. The molecule has 2 heterocycles. The summed E-state index contributed by atoms with van der Waals surface area (Å²) in [4.78, 5) is 40.3. The van der Waals surface area contributed by atoms with Crippen molar-refractivity contribution in [2.24, 2.45) is 4.99 Å². The van der Waals surface area contributed by atoms with Gasteiger partial charge < -0.3 is 15.3 Å². The molecule has 0 radical (unpaired) electrons. The first-order valence-electron chi connectivity index (χ1n) is 13.0. The SMILES string of the molecule is O=C(O)CN(Cc1ccccn1)[C@H]1CCCCC1N(CC(O)=Nc1ccc(C(=O)O)cc1)Cc1ccccn1.[Fe+2]. The van der Waals surface area contributed by atoms with Gasteiger partial charge in [0.15, 0.2) is 0 Å². The van der Waals surface area contributed by atoms with E-state index in [2.05, 4.69) is 19.9 Å². The molecule has 1 fully saturated rings. The number of benzene rings is 1. The maximum Gasteiger partial charge on any atom is 2.00 e. The topological polar surface area (TPSA) is 139 Å². The van der Waals surface area contributed by atoms with E-state index in [9.17, 15) is 19.8 Å². The molecule has 3 aromatic rings. The molecule has 0 aliphatic heterocycles. The molecule has 0 amide bonds. The second-order valence-electron chi connectivity index (χ2n) is 9.65. The molecule has 10 nitrogen and oxygen atoms in total. The summed E-state index contributed by atoms with van der Waals surface area (Å²) in [5.41, 5.74) is 2.21. The van der Waals surface area contributed by atoms with Crippen LogP contribution in [0.1, 0.15) is 47.4 Å². The van der Waals surface area contributed by atoms with Crippen LogP contribution in [0, 0.1) is 0 Å². The van der Waals surface area contributed by atoms with Crippen molar-refractivity contribution in [2.75, 3.05) is 13.1 Å². The summed E-state index contributed by atoms with van der Waals surface area (Å²) >= 11 is 0. The van der Waals surface area contributed by atoms with Crippen molar-refractivity contribution in [1.29, 1.82) is 0 Å². The van der Waals surface area contributed by atoms with Crippen molar-refractivity contribution >= 4 is 23.5 Å². The summed E-state index contributed by atoms with van der Waals surface area (Å²) in [7, 11) is 0. The number of aliphatic imine (C=N–C) groups is 1. The first kappa shape index (κ1) is 30.9. The molecular weight excluding hydrogens is 554 g/mol. The van der Waals surface area contributed by atoms with Gasteiger partial charge in [-0.1, -0.05) is 25.0 Å². The fourth-order valence-electron chi connectivity index (χ4n) is 5.14. The number of aliphatic hydroxyl groups excluding tert-OH is 1. The van der Waals surface area contributed by atoms with E-state index in [-0.39, 0.29) is 53.7 Å². The number of aliphatic carboxylic acids is 1. The Bertz CT molecular complexity index is 1260. The van der Waals surface area contributed by atoms with Crippen molar-refractivity contribution in [3.8, 4) is 0 Å². The van der Waals surface area contributed by atoms with E-state index in [0.29, 0.717) is 18.8 Å². The summed E-state index contributed by atoms with van der Waals surface area (Å²) in [6, 6.07) is 17.1. The molecule has 40 heavy (non-hydrogen) atoms. The molecule has 1 aliphatic rings. The predicted octanol–water partition coefficient (Wildman–Crippen LogP) is 4.16. The Hall–Kier alpha value is -3.63. The van der Waals surface area contributed by atoms with Gasteiger partial charge in [-0.15, -0.1) is 0 Å². The van der Waals surface area contributed by atoms with Gasteiger partial charge >= 0.3 is 29.0 Å². The van der Waals surface area contributed by atoms with Crippen molar-refractivity contribution in [2.45, 2.75) is 50.9 Å². The summed E-state index contributed by atoms with van der Waals surface area (Å²) in [6.45, 7) is 0.861. The number of carboxylic acids is 2. The quantitative estimate of drug-likeness (QED) is 0.162. The second-order valence-corrected chi connectivity index (χ2v) is 9.65. The third-order valence-electron chi connectivity index (χ3n) is 6.87. The van der Waals surface area contributed by atoms with Crippen molar-refractivity contribution in [3.63, 3.8) is 0 Å². The molecule has 3 N–H and O–H groups in total. The van der Waals surface area contributed by atoms with Gasteiger partial charge in [-0.3, -0.25) is 24.6 Å². The van der Waals surface area contributed by atoms with Gasteiger partial charge in [0.1, 0.15) is 0 Å². The monoisotopic (exact) mass is 587 g/mol. The number of rotatable bonds is 12. The van der Waals surface area contributed by atoms with Crippen molar-refractivity contribution in [1.82, 2.24) is 19.8 Å². The minimum atomic E-state index is -1.03. The summed E-state index contributed by atoms with van der Waals surface area (Å²) in [5, 5.41) is 29.8. The maximum atomic E-state index is 11.9. The molecule has 1 unspecified atom stereocenters. The molecule has 2 aromatic heterocycles. The Balaban J connectivity index is 0.00000441. The van der Waals surface area contributed by atoms with Crippen LogP contribution >= 0.6 is 0 Å². The zero-order valence-corrected chi connectivity index (χ0v) is 23.1. The summed E-state index contributed by atoms with van der Waals surface area (Å²) < 4.78 is 0. The standard InChI is InChI=1S/C29H33N5O5.Fe/c35-27(32-22-13-11-21(12-14-22)29(38)39)19-33(17-23-7-3-5-15-30-23)25-9-1-2-10-26(25)34(20-28(36)37)18-24-8-4-6-16-31-24;/h3-8,11-16,25-26H,1-2,9-10,17-20H2,(H,32,35)(H,36,37)(H,38,39);/q;+2/t25?,26-;/m0./s1. The Morgan fingerprint density at radius 2 is 1.30 bits per heavy atom. The maximum absolute atomic E-state index is 11.9. The Morgan fingerprint density at radius 1 is 0.775 bits per heavy atom. The number of nitrogens with zero attached hydrogens (tertiary/aromatic N) is 5. The molecule has 11 heteroatoms. The average Bonchev–Trinajstić information content (AvgIpc) is 2.93. The van der Waals surface area contributed by atoms with Crippen LogP contribution < -0.4 is 0 Å². The zero-order chi connectivity index (χ0) is 27.6. The van der Waals surface area contributed by atoms with E-state index >= 15 is 0 Å². The number of hydrogen-bond donors (Lipinski definition) is 3. The van der Waals surface area contributed by atoms with Crippen LogP contribution in [-0.4, -0.2) is 78.1 Å². The number of pyridine rings is 2. The molecular formula is C29H33FeN5O5+2. The van der Waals surface area contributed by atoms with Crippen molar-refractivity contribution < 1.29 is 42.0 Å². The van der Waals surface area contributed by atoms with Gasteiger partial charge in [-0.25, -0.2) is 9.79 Å². The normalized spacial score (nSPS) is 17.4. The fraction of sp³-hybridized carbons (Fsp3) is 0.345. The number of hydrogen-bond acceptors (Lipinski definition) is 7. The minimum Gasteiger partial charge on any atom is -0.495 e. The minimum absolute atomic E-state index is 0. The smallest absolute Gasteiger partial charge is 0.495 e. The summed E-state index contributed by atoms with van der Waals surface area (Å²) in [6.07, 6.45) is 7.04. The van der Waals surface area contributed by atoms with Gasteiger partial charge in [0.25, 0.3) is 0 Å². The molecule has 4 rings (SSSR count). The molecule has 0 saturated heterocycles. The largest absolute Gasteiger partial charge is 2.00 e. The van der Waals surface area contributed by atoms with Gasteiger partial charge in [-0.05, 0) is 61.4 Å². The first-order chi connectivity index (χ1) is 18.9. The predicted molar refractivity (Wildman–Crippen MR) is 146 cm³/mol. The molecule has 1 aromatic carbocycles. The number of carboxylic acid groups (broad SMARTS) is 2. The Labute approximate surface area is 243 Å². The molecule has 2 atom stereocenters. The third kappa shape index (κ3) is 8.96. The van der Waals surface area contributed by atoms with Gasteiger partial charge in [0.05, 0.1) is 35.7 Å². The van der Waals surface area contributed by atoms with Crippen LogP contribution in [-0.2, 0) is 35.0 Å². The van der Waals surface area contributed by atoms with E-state index in [0.717, 1.165) is 37.1 Å². The molecule has 1 saturated carbocycles. The second kappa shape index (κ2) is 15.2. The van der Waals surface area contributed by atoms with Crippen molar-refractivity contribution in [3.05, 3.63) is 90.0 Å². The van der Waals surface area contributed by atoms with Gasteiger partial charge in [0, 0.05) is 37.6 Å². The zero-order valence-electron chi connectivity index (χ0n) is 22.0. The van der Waals surface area contributed by atoms with Crippen LogP contribution in [0.3, 0.4) is 0 Å². The summed E-state index contributed by atoms with van der Waals surface area (Å²) in [5.74, 6) is -2.05. The first-order valence-corrected chi connectivity index (χ1v) is 13.0. The van der Waals surface area contributed by atoms with Crippen LogP contribution in [0.25, 0.3) is 0 Å². The third-order valence-corrected chi connectivity index (χ3v) is 6.87. The molecule has 0 spiro atoms. The number of aromatic carboxylic acids is 1. The molecule has 0 bridgehead atoms. The number of aromatic nitrogens is 2. The van der Waals surface area contributed by atoms with E-state index < -0.39 is 11.9 Å². The van der Waals surface area contributed by atoms with Crippen LogP contribution in [0.5, 0.6) is 0 Å². The van der Waals surface area contributed by atoms with E-state index in [4.69, 9.17) is 5.11 Å². The fourth-order valence-corrected chi connectivity index (χ4v) is 5.14. The van der Waals surface area contributed by atoms with E-state index in [1.54, 1.807) is 24.5 Å². The van der Waals surface area contributed by atoms with Crippen LogP contribution in [0.15, 0.2) is 78.0 Å². The van der Waals surface area contributed by atoms with Gasteiger partial charge in [-0.2, -0.15) is 0 Å². The van der Waals surface area contributed by atoms with E-state index in [1.165, 1.54) is 12.1 Å².